The summed E-state index contributed by atoms with van der Waals surface area (Å²) in [4.78, 5) is 0. The van der Waals surface area contributed by atoms with E-state index in [2.05, 4.69) is 49.6 Å². The van der Waals surface area contributed by atoms with Crippen molar-refractivity contribution in [2.45, 2.75) is 51.4 Å². The molecule has 4 unspecified atom stereocenters. The fourth-order valence-corrected chi connectivity index (χ4v) is 5.20. The van der Waals surface area contributed by atoms with E-state index in [1.165, 1.54) is 44.1 Å². The predicted molar refractivity (Wildman–Crippen MR) is 121 cm³/mol. The van der Waals surface area contributed by atoms with Crippen molar-refractivity contribution in [1.29, 1.82) is 0 Å². The van der Waals surface area contributed by atoms with Crippen LogP contribution in [-0.2, 0) is 0 Å². The molecule has 0 heterocycles. The quantitative estimate of drug-likeness (QED) is 0.408. The first-order valence-corrected chi connectivity index (χ1v) is 11.2. The van der Waals surface area contributed by atoms with Crippen LogP contribution in [0, 0.1) is 29.6 Å². The van der Waals surface area contributed by atoms with Crippen molar-refractivity contribution in [3.05, 3.63) is 77.9 Å². The van der Waals surface area contributed by atoms with E-state index < -0.39 is 0 Å². The van der Waals surface area contributed by atoms with Crippen molar-refractivity contribution >= 4 is 0 Å². The highest BCUT2D eigenvalue weighted by molar-refractivity contribution is 5.45. The lowest BCUT2D eigenvalue weighted by molar-refractivity contribution is 0.124. The Morgan fingerprint density at radius 3 is 2.17 bits per heavy atom. The van der Waals surface area contributed by atoms with Crippen molar-refractivity contribution < 1.29 is 4.74 Å². The number of fused-ring (bicyclic) bond motifs is 1. The molecule has 29 heavy (non-hydrogen) atoms. The molecule has 0 amide bonds. The van der Waals surface area contributed by atoms with E-state index in [0.29, 0.717) is 6.61 Å². The van der Waals surface area contributed by atoms with Gasteiger partial charge in [-0.2, -0.15) is 0 Å². The Morgan fingerprint density at radius 2 is 1.48 bits per heavy atom. The van der Waals surface area contributed by atoms with Crippen LogP contribution < -0.4 is 4.74 Å². The fourth-order valence-electron chi connectivity index (χ4n) is 5.20. The molecule has 2 saturated carbocycles. The van der Waals surface area contributed by atoms with Gasteiger partial charge >= 0.3 is 0 Å². The average Bonchev–Trinajstić information content (AvgIpc) is 2.77. The van der Waals surface area contributed by atoms with Crippen LogP contribution >= 0.6 is 0 Å². The van der Waals surface area contributed by atoms with Gasteiger partial charge in [0.2, 0.25) is 0 Å². The summed E-state index contributed by atoms with van der Waals surface area (Å²) >= 11 is 0. The third-order valence-corrected chi connectivity index (χ3v) is 6.83. The van der Waals surface area contributed by atoms with E-state index in [4.69, 9.17) is 4.74 Å². The van der Waals surface area contributed by atoms with Crippen LogP contribution in [0.1, 0.15) is 68.1 Å². The Hall–Kier alpha value is -2.46. The Morgan fingerprint density at radius 1 is 0.862 bits per heavy atom. The number of benzene rings is 2. The van der Waals surface area contributed by atoms with E-state index in [1.54, 1.807) is 6.08 Å². The summed E-state index contributed by atoms with van der Waals surface area (Å²) in [5.74, 6) is 11.1. The normalized spacial score (nSPS) is 26.0. The van der Waals surface area contributed by atoms with E-state index in [-0.39, 0.29) is 0 Å². The second kappa shape index (κ2) is 9.36. The van der Waals surface area contributed by atoms with Gasteiger partial charge in [0.25, 0.3) is 0 Å². The summed E-state index contributed by atoms with van der Waals surface area (Å²) in [6.45, 7) is 6.63. The maximum absolute atomic E-state index is 5.52. The lowest BCUT2D eigenvalue weighted by atomic mass is 9.64. The number of hydrogen-bond acceptors (Lipinski definition) is 1. The van der Waals surface area contributed by atoms with Gasteiger partial charge in [-0.3, -0.25) is 0 Å². The number of rotatable bonds is 4. The molecule has 0 aromatic heterocycles. The maximum atomic E-state index is 5.52. The van der Waals surface area contributed by atoms with Gasteiger partial charge in [-0.15, -0.1) is 0 Å². The summed E-state index contributed by atoms with van der Waals surface area (Å²) in [6.07, 6.45) is 10.3. The molecule has 4 atom stereocenters. The van der Waals surface area contributed by atoms with Gasteiger partial charge in [0.05, 0.1) is 0 Å². The molecule has 0 N–H and O–H groups in total. The van der Waals surface area contributed by atoms with Crippen molar-refractivity contribution in [3.63, 3.8) is 0 Å². The second-order valence-electron chi connectivity index (χ2n) is 8.94. The van der Waals surface area contributed by atoms with Crippen LogP contribution in [0.5, 0.6) is 5.75 Å². The highest BCUT2D eigenvalue weighted by atomic mass is 16.5. The van der Waals surface area contributed by atoms with Crippen molar-refractivity contribution in [2.24, 2.45) is 17.8 Å². The fraction of sp³-hybridized carbons (Fsp3) is 0.429. The molecule has 2 aromatic carbocycles. The molecule has 2 aromatic rings. The molecule has 1 heteroatoms. The molecule has 0 spiro atoms. The Balaban J connectivity index is 1.36. The zero-order valence-electron chi connectivity index (χ0n) is 17.6. The highest BCUT2D eigenvalue weighted by Gasteiger charge is 2.34. The maximum Gasteiger partial charge on any atom is 0.119 e. The Kier molecular flexibility index (Phi) is 6.40. The van der Waals surface area contributed by atoms with E-state index in [0.717, 1.165) is 40.5 Å². The standard InChI is InChI=1S/C28H32O/c1-3-18-29-28-16-9-23(10-17-28)6-5-22-7-12-24(13-8-22)26-15-14-25-19-21(2)4-11-27(25)20-26/h3,7-10,12-13,16-17,21,25-27H,1,4,11,14-15,18-20H2,2H3. The molecule has 2 fully saturated rings. The monoisotopic (exact) mass is 384 g/mol. The Bertz CT molecular complexity index is 865. The van der Waals surface area contributed by atoms with Crippen LogP contribution in [0.25, 0.3) is 0 Å². The van der Waals surface area contributed by atoms with Gasteiger partial charge < -0.3 is 4.74 Å². The average molecular weight is 385 g/mol. The topological polar surface area (TPSA) is 9.23 Å². The lowest BCUT2D eigenvalue weighted by Gasteiger charge is -2.41. The predicted octanol–water partition coefficient (Wildman–Crippen LogP) is 6.97. The highest BCUT2D eigenvalue weighted by Crippen LogP contribution is 2.47. The first kappa shape index (κ1) is 19.8. The van der Waals surface area contributed by atoms with Crippen molar-refractivity contribution in [1.82, 2.24) is 0 Å². The molecule has 150 valence electrons. The molecule has 2 aliphatic carbocycles. The summed E-state index contributed by atoms with van der Waals surface area (Å²) in [6, 6.07) is 16.9. The molecule has 4 rings (SSSR count). The van der Waals surface area contributed by atoms with Crippen LogP contribution in [-0.4, -0.2) is 6.61 Å². The number of ether oxygens (including phenoxy) is 1. The molecule has 2 aliphatic rings. The van der Waals surface area contributed by atoms with E-state index in [9.17, 15) is 0 Å². The van der Waals surface area contributed by atoms with Gasteiger partial charge in [-0.25, -0.2) is 0 Å². The first-order valence-electron chi connectivity index (χ1n) is 11.2. The zero-order chi connectivity index (χ0) is 20.1. The van der Waals surface area contributed by atoms with E-state index >= 15 is 0 Å². The summed E-state index contributed by atoms with van der Waals surface area (Å²) < 4.78 is 5.52. The first-order chi connectivity index (χ1) is 14.2. The largest absolute Gasteiger partial charge is 0.490 e. The van der Waals surface area contributed by atoms with Gasteiger partial charge in [-0.1, -0.05) is 50.0 Å². The van der Waals surface area contributed by atoms with Crippen LogP contribution in [0.4, 0.5) is 0 Å². The smallest absolute Gasteiger partial charge is 0.119 e. The minimum Gasteiger partial charge on any atom is -0.490 e. The molecule has 0 bridgehead atoms. The third-order valence-electron chi connectivity index (χ3n) is 6.83. The summed E-state index contributed by atoms with van der Waals surface area (Å²) in [5, 5.41) is 0. The molecule has 0 aliphatic heterocycles. The van der Waals surface area contributed by atoms with Crippen molar-refractivity contribution in [3.8, 4) is 17.6 Å². The van der Waals surface area contributed by atoms with Gasteiger partial charge in [-0.05, 0) is 97.7 Å². The molecule has 1 nitrogen and oxygen atoms in total. The lowest BCUT2D eigenvalue weighted by Crippen LogP contribution is -2.29. The summed E-state index contributed by atoms with van der Waals surface area (Å²) in [5.41, 5.74) is 3.60. The van der Waals surface area contributed by atoms with Gasteiger partial charge in [0, 0.05) is 11.1 Å². The van der Waals surface area contributed by atoms with Gasteiger partial charge in [0.1, 0.15) is 12.4 Å². The minimum absolute atomic E-state index is 0.527. The zero-order valence-corrected chi connectivity index (χ0v) is 17.6. The van der Waals surface area contributed by atoms with Gasteiger partial charge in [0.15, 0.2) is 0 Å². The molecular weight excluding hydrogens is 352 g/mol. The van der Waals surface area contributed by atoms with Crippen molar-refractivity contribution in [2.75, 3.05) is 6.61 Å². The van der Waals surface area contributed by atoms with E-state index in [1.807, 2.05) is 24.3 Å². The Labute approximate surface area is 176 Å². The van der Waals surface area contributed by atoms with Crippen LogP contribution in [0.15, 0.2) is 61.2 Å². The van der Waals surface area contributed by atoms with Crippen LogP contribution in [0.3, 0.4) is 0 Å². The molecule has 0 saturated heterocycles. The molecular formula is C28H32O. The van der Waals surface area contributed by atoms with Crippen LogP contribution in [0.2, 0.25) is 0 Å². The third kappa shape index (κ3) is 5.13. The SMILES string of the molecule is C=CCOc1ccc(C#Cc2ccc(C3CCC4CC(C)CCC4C3)cc2)cc1. The molecule has 0 radical (unpaired) electrons. The summed E-state index contributed by atoms with van der Waals surface area (Å²) in [7, 11) is 0. The number of hydrogen-bond donors (Lipinski definition) is 0. The second-order valence-corrected chi connectivity index (χ2v) is 8.94. The minimum atomic E-state index is 0.527.